The van der Waals surface area contributed by atoms with E-state index in [1.54, 1.807) is 36.1 Å². The number of rotatable bonds is 5. The number of piperidine rings is 1. The summed E-state index contributed by atoms with van der Waals surface area (Å²) >= 11 is 0. The lowest BCUT2D eigenvalue weighted by Gasteiger charge is -2.32. The van der Waals surface area contributed by atoms with E-state index in [1.165, 1.54) is 0 Å². The topological polar surface area (TPSA) is 78.5 Å². The van der Waals surface area contributed by atoms with E-state index in [0.29, 0.717) is 36.8 Å². The number of nitrogens with zero attached hydrogens (tertiary/aromatic N) is 1. The highest BCUT2D eigenvalue weighted by atomic mass is 16.2. The molecule has 1 saturated carbocycles. The summed E-state index contributed by atoms with van der Waals surface area (Å²) in [6, 6.07) is 7.27. The molecule has 6 nitrogen and oxygen atoms in total. The first-order valence-corrected chi connectivity index (χ1v) is 9.06. The first-order chi connectivity index (χ1) is 12.1. The lowest BCUT2D eigenvalue weighted by atomic mass is 9.96. The van der Waals surface area contributed by atoms with Gasteiger partial charge in [0, 0.05) is 36.8 Å². The molecule has 3 rings (SSSR count). The molecular weight excluding hydrogens is 318 g/mol. The first-order valence-electron chi connectivity index (χ1n) is 9.06. The van der Waals surface area contributed by atoms with Gasteiger partial charge in [-0.2, -0.15) is 0 Å². The number of carbonyl (C=O) groups excluding carboxylic acids is 3. The molecular formula is C19H25N3O3. The van der Waals surface area contributed by atoms with Crippen molar-refractivity contribution in [3.8, 4) is 0 Å². The van der Waals surface area contributed by atoms with Crippen LogP contribution >= 0.6 is 0 Å². The number of benzene rings is 1. The molecule has 1 aromatic carbocycles. The van der Waals surface area contributed by atoms with E-state index in [0.717, 1.165) is 25.7 Å². The summed E-state index contributed by atoms with van der Waals surface area (Å²) in [4.78, 5) is 38.1. The fourth-order valence-corrected chi connectivity index (χ4v) is 3.05. The zero-order chi connectivity index (χ0) is 17.8. The Labute approximate surface area is 148 Å². The van der Waals surface area contributed by atoms with E-state index in [9.17, 15) is 14.4 Å². The Morgan fingerprint density at radius 2 is 1.84 bits per heavy atom. The maximum absolute atomic E-state index is 12.7. The van der Waals surface area contributed by atoms with Gasteiger partial charge in [0.15, 0.2) is 0 Å². The number of amides is 3. The average molecular weight is 343 g/mol. The lowest BCUT2D eigenvalue weighted by Crippen LogP contribution is -2.45. The van der Waals surface area contributed by atoms with Crippen LogP contribution < -0.4 is 10.6 Å². The minimum absolute atomic E-state index is 0.0559. The fourth-order valence-electron chi connectivity index (χ4n) is 3.05. The predicted octanol–water partition coefficient (Wildman–Crippen LogP) is 2.17. The number of hydrogen-bond donors (Lipinski definition) is 2. The average Bonchev–Trinajstić information content (AvgIpc) is 3.45. The highest BCUT2D eigenvalue weighted by Gasteiger charge is 2.32. The molecule has 0 aromatic heterocycles. The van der Waals surface area contributed by atoms with Crippen molar-refractivity contribution in [2.75, 3.05) is 18.4 Å². The SMILES string of the molecule is CCC(=O)Nc1ccc(C(=O)N2CCCC(C(=O)NC3CC3)C2)cc1. The van der Waals surface area contributed by atoms with Gasteiger partial charge >= 0.3 is 0 Å². The molecule has 2 N–H and O–H groups in total. The third-order valence-corrected chi connectivity index (χ3v) is 4.74. The van der Waals surface area contributed by atoms with Gasteiger partial charge in [-0.05, 0) is 49.9 Å². The molecule has 1 aliphatic carbocycles. The van der Waals surface area contributed by atoms with Crippen LogP contribution in [0.1, 0.15) is 49.4 Å². The molecule has 1 atom stereocenters. The van der Waals surface area contributed by atoms with Gasteiger partial charge in [-0.1, -0.05) is 6.92 Å². The smallest absolute Gasteiger partial charge is 0.253 e. The number of nitrogens with one attached hydrogen (secondary N) is 2. The van der Waals surface area contributed by atoms with Crippen LogP contribution in [0.4, 0.5) is 5.69 Å². The quantitative estimate of drug-likeness (QED) is 0.860. The van der Waals surface area contributed by atoms with Crippen LogP contribution in [0.5, 0.6) is 0 Å². The third kappa shape index (κ3) is 4.59. The van der Waals surface area contributed by atoms with Crippen molar-refractivity contribution in [3.05, 3.63) is 29.8 Å². The van der Waals surface area contributed by atoms with Gasteiger partial charge in [0.05, 0.1) is 5.92 Å². The molecule has 134 valence electrons. The number of hydrogen-bond acceptors (Lipinski definition) is 3. The maximum Gasteiger partial charge on any atom is 0.253 e. The van der Waals surface area contributed by atoms with Crippen molar-refractivity contribution in [1.29, 1.82) is 0 Å². The summed E-state index contributed by atoms with van der Waals surface area (Å²) in [5.41, 5.74) is 1.27. The van der Waals surface area contributed by atoms with E-state index in [4.69, 9.17) is 0 Å². The molecule has 25 heavy (non-hydrogen) atoms. The molecule has 1 saturated heterocycles. The number of anilines is 1. The van der Waals surface area contributed by atoms with Gasteiger partial charge in [-0.25, -0.2) is 0 Å². The highest BCUT2D eigenvalue weighted by molar-refractivity contribution is 5.96. The minimum Gasteiger partial charge on any atom is -0.353 e. The van der Waals surface area contributed by atoms with Crippen LogP contribution in [0, 0.1) is 5.92 Å². The zero-order valence-electron chi connectivity index (χ0n) is 14.6. The molecule has 2 fully saturated rings. The third-order valence-electron chi connectivity index (χ3n) is 4.74. The van der Waals surface area contributed by atoms with Gasteiger partial charge in [0.25, 0.3) is 5.91 Å². The molecule has 1 aliphatic heterocycles. The normalized spacial score (nSPS) is 20.0. The molecule has 1 heterocycles. The van der Waals surface area contributed by atoms with Crippen molar-refractivity contribution >= 4 is 23.4 Å². The summed E-state index contributed by atoms with van der Waals surface area (Å²) in [6.07, 6.45) is 4.24. The van der Waals surface area contributed by atoms with Gasteiger partial charge in [0.2, 0.25) is 11.8 Å². The van der Waals surface area contributed by atoms with E-state index in [1.807, 2.05) is 0 Å². The van der Waals surface area contributed by atoms with Crippen LogP contribution in [0.25, 0.3) is 0 Å². The Morgan fingerprint density at radius 3 is 2.48 bits per heavy atom. The summed E-state index contributed by atoms with van der Waals surface area (Å²) in [5.74, 6) is -0.143. The Balaban J connectivity index is 1.59. The molecule has 0 spiro atoms. The van der Waals surface area contributed by atoms with E-state index in [2.05, 4.69) is 10.6 Å². The van der Waals surface area contributed by atoms with Gasteiger partial charge in [-0.15, -0.1) is 0 Å². The predicted molar refractivity (Wildman–Crippen MR) is 95.2 cm³/mol. The standard InChI is InChI=1S/C19H25N3O3/c1-2-17(23)20-15-7-5-13(6-8-15)19(25)22-11-3-4-14(12-22)18(24)21-16-9-10-16/h5-8,14,16H,2-4,9-12H2,1H3,(H,20,23)(H,21,24). The fraction of sp³-hybridized carbons (Fsp3) is 0.526. The van der Waals surface area contributed by atoms with Crippen molar-refractivity contribution in [1.82, 2.24) is 10.2 Å². The zero-order valence-corrected chi connectivity index (χ0v) is 14.6. The second-order valence-corrected chi connectivity index (χ2v) is 6.85. The van der Waals surface area contributed by atoms with Crippen molar-refractivity contribution in [2.24, 2.45) is 5.92 Å². The van der Waals surface area contributed by atoms with E-state index >= 15 is 0 Å². The second kappa shape index (κ2) is 7.68. The van der Waals surface area contributed by atoms with Crippen LogP contribution in [-0.4, -0.2) is 41.8 Å². The van der Waals surface area contributed by atoms with Crippen LogP contribution in [-0.2, 0) is 9.59 Å². The van der Waals surface area contributed by atoms with Crippen LogP contribution in [0.2, 0.25) is 0 Å². The molecule has 3 amide bonds. The Bertz CT molecular complexity index is 652. The Kier molecular flexibility index (Phi) is 5.36. The van der Waals surface area contributed by atoms with E-state index < -0.39 is 0 Å². The number of likely N-dealkylation sites (tertiary alicyclic amines) is 1. The Morgan fingerprint density at radius 1 is 1.12 bits per heavy atom. The second-order valence-electron chi connectivity index (χ2n) is 6.85. The van der Waals surface area contributed by atoms with Crippen molar-refractivity contribution in [2.45, 2.75) is 45.1 Å². The molecule has 1 unspecified atom stereocenters. The Hall–Kier alpha value is -2.37. The largest absolute Gasteiger partial charge is 0.353 e. The van der Waals surface area contributed by atoms with Crippen molar-refractivity contribution < 1.29 is 14.4 Å². The summed E-state index contributed by atoms with van der Waals surface area (Å²) < 4.78 is 0. The monoisotopic (exact) mass is 343 g/mol. The number of carbonyl (C=O) groups is 3. The minimum atomic E-state index is -0.110. The molecule has 0 bridgehead atoms. The summed E-state index contributed by atoms with van der Waals surface area (Å²) in [5, 5.41) is 5.80. The summed E-state index contributed by atoms with van der Waals surface area (Å²) in [6.45, 7) is 2.95. The molecule has 0 radical (unpaired) electrons. The van der Waals surface area contributed by atoms with Gasteiger partial charge in [0.1, 0.15) is 0 Å². The van der Waals surface area contributed by atoms with Gasteiger partial charge in [-0.3, -0.25) is 14.4 Å². The summed E-state index contributed by atoms with van der Waals surface area (Å²) in [7, 11) is 0. The molecule has 1 aromatic rings. The molecule has 6 heteroatoms. The van der Waals surface area contributed by atoms with Crippen LogP contribution in [0.15, 0.2) is 24.3 Å². The molecule has 2 aliphatic rings. The van der Waals surface area contributed by atoms with Crippen LogP contribution in [0.3, 0.4) is 0 Å². The van der Waals surface area contributed by atoms with E-state index in [-0.39, 0.29) is 23.6 Å². The maximum atomic E-state index is 12.7. The lowest BCUT2D eigenvalue weighted by molar-refractivity contribution is -0.126. The highest BCUT2D eigenvalue weighted by Crippen LogP contribution is 2.23. The first kappa shape index (κ1) is 17.5. The van der Waals surface area contributed by atoms with Crippen molar-refractivity contribution in [3.63, 3.8) is 0 Å². The van der Waals surface area contributed by atoms with Gasteiger partial charge < -0.3 is 15.5 Å².